The highest BCUT2D eigenvalue weighted by atomic mass is 16.6. The fourth-order valence-corrected chi connectivity index (χ4v) is 2.91. The molecule has 27 heavy (non-hydrogen) atoms. The molecule has 1 heterocycles. The van der Waals surface area contributed by atoms with Crippen LogP contribution in [-0.4, -0.2) is 25.2 Å². The third-order valence-electron chi connectivity index (χ3n) is 4.31. The van der Waals surface area contributed by atoms with Crippen molar-refractivity contribution in [3.8, 4) is 11.5 Å². The molecule has 1 aliphatic rings. The predicted octanol–water partition coefficient (Wildman–Crippen LogP) is 4.46. The van der Waals surface area contributed by atoms with Gasteiger partial charge in [0.1, 0.15) is 18.1 Å². The van der Waals surface area contributed by atoms with Crippen molar-refractivity contribution in [2.45, 2.75) is 27.2 Å². The van der Waals surface area contributed by atoms with Crippen LogP contribution >= 0.6 is 0 Å². The number of ether oxygens (including phenoxy) is 2. The summed E-state index contributed by atoms with van der Waals surface area (Å²) in [5.41, 5.74) is 0.640. The normalized spacial score (nSPS) is 15.4. The molecule has 2 aromatic rings. The number of hydrogen-bond donors (Lipinski definition) is 1. The Morgan fingerprint density at radius 2 is 1.96 bits per heavy atom. The molecule has 3 rings (SSSR count). The van der Waals surface area contributed by atoms with E-state index in [4.69, 9.17) is 9.47 Å². The zero-order chi connectivity index (χ0) is 19.4. The van der Waals surface area contributed by atoms with Gasteiger partial charge in [0.15, 0.2) is 0 Å². The fourth-order valence-electron chi connectivity index (χ4n) is 2.91. The Labute approximate surface area is 159 Å². The van der Waals surface area contributed by atoms with E-state index in [2.05, 4.69) is 5.32 Å². The van der Waals surface area contributed by atoms with E-state index in [1.165, 1.54) is 0 Å². The molecule has 1 aliphatic heterocycles. The lowest BCUT2D eigenvalue weighted by atomic mass is 9.93. The summed E-state index contributed by atoms with van der Waals surface area (Å²) in [5, 5.41) is 2.70. The molecule has 6 heteroatoms. The minimum Gasteiger partial charge on any atom is -0.490 e. The number of para-hydroxylation sites is 1. The average Bonchev–Trinajstić information content (AvgIpc) is 2.73. The molecule has 0 saturated carbocycles. The van der Waals surface area contributed by atoms with E-state index in [1.54, 1.807) is 47.4 Å². The Morgan fingerprint density at radius 1 is 1.22 bits per heavy atom. The summed E-state index contributed by atoms with van der Waals surface area (Å²) in [6.45, 7) is 6.67. The van der Waals surface area contributed by atoms with E-state index in [1.807, 2.05) is 26.8 Å². The zero-order valence-corrected chi connectivity index (χ0v) is 15.8. The third kappa shape index (κ3) is 4.22. The number of nitrogens with one attached hydrogen (secondary N) is 1. The second-order valence-electron chi connectivity index (χ2n) is 7.14. The third-order valence-corrected chi connectivity index (χ3v) is 4.31. The Morgan fingerprint density at radius 3 is 2.67 bits per heavy atom. The van der Waals surface area contributed by atoms with Gasteiger partial charge in [0, 0.05) is 18.3 Å². The number of anilines is 2. The Balaban J connectivity index is 1.80. The van der Waals surface area contributed by atoms with Crippen LogP contribution in [0.15, 0.2) is 48.5 Å². The highest BCUT2D eigenvalue weighted by molar-refractivity contribution is 5.99. The average molecular weight is 368 g/mol. The first-order chi connectivity index (χ1) is 12.9. The van der Waals surface area contributed by atoms with E-state index in [-0.39, 0.29) is 12.5 Å². The Hall–Kier alpha value is -3.02. The summed E-state index contributed by atoms with van der Waals surface area (Å²) >= 11 is 0. The van der Waals surface area contributed by atoms with Gasteiger partial charge in [-0.15, -0.1) is 0 Å². The maximum Gasteiger partial charge on any atom is 0.417 e. The van der Waals surface area contributed by atoms with Gasteiger partial charge in [0.2, 0.25) is 5.91 Å². The van der Waals surface area contributed by atoms with Crippen LogP contribution in [-0.2, 0) is 4.79 Å². The van der Waals surface area contributed by atoms with E-state index < -0.39 is 11.5 Å². The first-order valence-electron chi connectivity index (χ1n) is 9.03. The van der Waals surface area contributed by atoms with Gasteiger partial charge in [-0.2, -0.15) is 0 Å². The largest absolute Gasteiger partial charge is 0.490 e. The molecule has 0 aliphatic carbocycles. The first kappa shape index (κ1) is 18.8. The monoisotopic (exact) mass is 368 g/mol. The van der Waals surface area contributed by atoms with Crippen LogP contribution in [0.5, 0.6) is 11.5 Å². The summed E-state index contributed by atoms with van der Waals surface area (Å²) in [6.07, 6.45) is 0.251. The van der Waals surface area contributed by atoms with Crippen LogP contribution in [0.25, 0.3) is 0 Å². The van der Waals surface area contributed by atoms with Crippen molar-refractivity contribution in [2.75, 3.05) is 23.4 Å². The standard InChI is InChI=1S/C21H24N2O4/c1-4-12-23-17-11-10-15(13-18(17)26-14-21(2,3)19(23)24)22-20(25)27-16-8-6-5-7-9-16/h5-11,13H,4,12,14H2,1-3H3,(H,22,25). The quantitative estimate of drug-likeness (QED) is 0.865. The maximum absolute atomic E-state index is 12.8. The lowest BCUT2D eigenvalue weighted by molar-refractivity contribution is -0.127. The van der Waals surface area contributed by atoms with Crippen LogP contribution in [0.2, 0.25) is 0 Å². The minimum absolute atomic E-state index is 0.0345. The smallest absolute Gasteiger partial charge is 0.417 e. The molecule has 0 spiro atoms. The number of benzene rings is 2. The number of carbonyl (C=O) groups excluding carboxylic acids is 2. The van der Waals surface area contributed by atoms with Crippen molar-refractivity contribution >= 4 is 23.4 Å². The second kappa shape index (κ2) is 7.70. The maximum atomic E-state index is 12.8. The van der Waals surface area contributed by atoms with Crippen molar-refractivity contribution < 1.29 is 19.1 Å². The highest BCUT2D eigenvalue weighted by Gasteiger charge is 2.37. The van der Waals surface area contributed by atoms with Gasteiger partial charge < -0.3 is 14.4 Å². The number of hydrogen-bond acceptors (Lipinski definition) is 4. The molecule has 2 aromatic carbocycles. The minimum atomic E-state index is -0.617. The van der Waals surface area contributed by atoms with Crippen molar-refractivity contribution in [2.24, 2.45) is 5.41 Å². The fraction of sp³-hybridized carbons (Fsp3) is 0.333. The van der Waals surface area contributed by atoms with Gasteiger partial charge in [-0.25, -0.2) is 4.79 Å². The summed E-state index contributed by atoms with van der Waals surface area (Å²) < 4.78 is 11.1. The van der Waals surface area contributed by atoms with Crippen LogP contribution in [0.3, 0.4) is 0 Å². The Kier molecular flexibility index (Phi) is 5.35. The summed E-state index contributed by atoms with van der Waals surface area (Å²) in [7, 11) is 0. The van der Waals surface area contributed by atoms with Crippen LogP contribution in [0.4, 0.5) is 16.2 Å². The Bertz CT molecular complexity index is 833. The van der Waals surface area contributed by atoms with E-state index in [0.717, 1.165) is 12.1 Å². The number of fused-ring (bicyclic) bond motifs is 1. The lowest BCUT2D eigenvalue weighted by Gasteiger charge is -2.27. The predicted molar refractivity (Wildman–Crippen MR) is 104 cm³/mol. The van der Waals surface area contributed by atoms with Crippen LogP contribution in [0, 0.1) is 5.41 Å². The molecule has 0 saturated heterocycles. The highest BCUT2D eigenvalue weighted by Crippen LogP contribution is 2.38. The summed E-state index contributed by atoms with van der Waals surface area (Å²) in [6, 6.07) is 14.1. The van der Waals surface area contributed by atoms with Gasteiger partial charge in [0.05, 0.1) is 11.1 Å². The molecule has 142 valence electrons. The van der Waals surface area contributed by atoms with E-state index in [0.29, 0.717) is 23.7 Å². The second-order valence-corrected chi connectivity index (χ2v) is 7.14. The van der Waals surface area contributed by atoms with Gasteiger partial charge >= 0.3 is 6.09 Å². The van der Waals surface area contributed by atoms with Crippen molar-refractivity contribution in [3.63, 3.8) is 0 Å². The van der Waals surface area contributed by atoms with Crippen LogP contribution < -0.4 is 19.7 Å². The van der Waals surface area contributed by atoms with Crippen LogP contribution in [0.1, 0.15) is 27.2 Å². The molecule has 6 nitrogen and oxygen atoms in total. The molecule has 0 atom stereocenters. The molecular weight excluding hydrogens is 344 g/mol. The van der Waals surface area contributed by atoms with Crippen molar-refractivity contribution in [1.29, 1.82) is 0 Å². The molecule has 0 unspecified atom stereocenters. The molecule has 2 amide bonds. The number of carbonyl (C=O) groups is 2. The molecule has 0 radical (unpaired) electrons. The summed E-state index contributed by atoms with van der Waals surface area (Å²) in [4.78, 5) is 26.7. The van der Waals surface area contributed by atoms with E-state index in [9.17, 15) is 9.59 Å². The van der Waals surface area contributed by atoms with Crippen molar-refractivity contribution in [3.05, 3.63) is 48.5 Å². The molecule has 0 bridgehead atoms. The topological polar surface area (TPSA) is 67.9 Å². The zero-order valence-electron chi connectivity index (χ0n) is 15.8. The summed E-state index contributed by atoms with van der Waals surface area (Å²) in [5.74, 6) is 1.06. The number of nitrogens with zero attached hydrogens (tertiary/aromatic N) is 1. The molecular formula is C21H24N2O4. The van der Waals surface area contributed by atoms with Gasteiger partial charge in [-0.3, -0.25) is 10.1 Å². The molecule has 1 N–H and O–H groups in total. The van der Waals surface area contributed by atoms with Gasteiger partial charge in [-0.05, 0) is 44.5 Å². The first-order valence-corrected chi connectivity index (χ1v) is 9.03. The lowest BCUT2D eigenvalue weighted by Crippen LogP contribution is -2.42. The molecule has 0 aromatic heterocycles. The molecule has 0 fully saturated rings. The van der Waals surface area contributed by atoms with Crippen molar-refractivity contribution in [1.82, 2.24) is 0 Å². The van der Waals surface area contributed by atoms with Gasteiger partial charge in [0.25, 0.3) is 0 Å². The SMILES string of the molecule is CCCN1C(=O)C(C)(C)COc2cc(NC(=O)Oc3ccccc3)ccc21. The number of rotatable bonds is 4. The number of amides is 2. The van der Waals surface area contributed by atoms with E-state index >= 15 is 0 Å². The van der Waals surface area contributed by atoms with Gasteiger partial charge in [-0.1, -0.05) is 25.1 Å².